The molecule has 24 heavy (non-hydrogen) atoms. The zero-order valence-electron chi connectivity index (χ0n) is 15.1. The molecule has 2 aliphatic heterocycles. The molecule has 1 aliphatic carbocycles. The summed E-state index contributed by atoms with van der Waals surface area (Å²) in [5.41, 5.74) is 5.70. The number of amides is 2. The summed E-state index contributed by atoms with van der Waals surface area (Å²) in [5, 5.41) is 0. The lowest BCUT2D eigenvalue weighted by atomic mass is 9.80. The third-order valence-electron chi connectivity index (χ3n) is 6.33. The topological polar surface area (TPSA) is 64.7 Å². The van der Waals surface area contributed by atoms with Crippen LogP contribution in [0.4, 0.5) is 0 Å². The van der Waals surface area contributed by atoms with Crippen LogP contribution >= 0.6 is 0 Å². The van der Waals surface area contributed by atoms with Crippen molar-refractivity contribution in [2.75, 3.05) is 32.7 Å². The van der Waals surface area contributed by atoms with E-state index in [0.29, 0.717) is 12.5 Å². The molecule has 136 valence electrons. The predicted octanol–water partition coefficient (Wildman–Crippen LogP) is 0.986. The van der Waals surface area contributed by atoms with Crippen LogP contribution in [-0.4, -0.2) is 60.4 Å². The molecule has 4 atom stereocenters. The van der Waals surface area contributed by atoms with E-state index in [1.165, 1.54) is 25.7 Å². The minimum absolute atomic E-state index is 0.0241. The number of hydrogen-bond donors (Lipinski definition) is 2. The van der Waals surface area contributed by atoms with Crippen molar-refractivity contribution in [1.29, 1.82) is 0 Å². The van der Waals surface area contributed by atoms with Gasteiger partial charge in [0.1, 0.15) is 0 Å². The second-order valence-electron chi connectivity index (χ2n) is 7.78. The molecule has 2 saturated heterocycles. The van der Waals surface area contributed by atoms with E-state index in [2.05, 4.69) is 27.6 Å². The first-order chi connectivity index (χ1) is 11.6. The lowest BCUT2D eigenvalue weighted by molar-refractivity contribution is -0.142. The highest BCUT2D eigenvalue weighted by atomic mass is 16.2. The Labute approximate surface area is 145 Å². The molecule has 0 aromatic carbocycles. The Hall–Kier alpha value is -1.14. The van der Waals surface area contributed by atoms with Crippen molar-refractivity contribution in [3.05, 3.63) is 0 Å². The molecule has 0 aromatic heterocycles. The van der Waals surface area contributed by atoms with Crippen molar-refractivity contribution in [3.8, 4) is 0 Å². The normalized spacial score (nSPS) is 35.8. The second kappa shape index (κ2) is 7.83. The zero-order valence-corrected chi connectivity index (χ0v) is 15.1. The minimum Gasteiger partial charge on any atom is -0.340 e. The Bertz CT molecular complexity index is 470. The maximum atomic E-state index is 12.7. The first-order valence-electron chi connectivity index (χ1n) is 9.64. The molecule has 0 spiro atoms. The summed E-state index contributed by atoms with van der Waals surface area (Å²) >= 11 is 0. The standard InChI is InChI=1S/C18H32N4O2/c1-3-15-16(10-19-20-18(15)24)21-8-9-22(17(23)12-21)11-14-7-5-4-6-13(14)2/h13-16,19H,3-12H2,1-2H3,(H,20,24). The lowest BCUT2D eigenvalue weighted by Crippen LogP contribution is -2.64. The van der Waals surface area contributed by atoms with E-state index in [1.807, 2.05) is 6.92 Å². The number of hydrazine groups is 1. The summed E-state index contributed by atoms with van der Waals surface area (Å²) in [5.74, 6) is 1.67. The minimum atomic E-state index is -0.0241. The van der Waals surface area contributed by atoms with Gasteiger partial charge in [-0.1, -0.05) is 33.1 Å². The summed E-state index contributed by atoms with van der Waals surface area (Å²) < 4.78 is 0. The van der Waals surface area contributed by atoms with Gasteiger partial charge in [0, 0.05) is 32.2 Å². The van der Waals surface area contributed by atoms with Crippen LogP contribution in [-0.2, 0) is 9.59 Å². The Morgan fingerprint density at radius 3 is 2.67 bits per heavy atom. The third kappa shape index (κ3) is 3.75. The number of hydrogen-bond acceptors (Lipinski definition) is 4. The highest BCUT2D eigenvalue weighted by Crippen LogP contribution is 2.30. The maximum Gasteiger partial charge on any atom is 0.238 e. The van der Waals surface area contributed by atoms with Crippen LogP contribution in [0.1, 0.15) is 46.0 Å². The third-order valence-corrected chi connectivity index (χ3v) is 6.33. The number of carbonyl (C=O) groups excluding carboxylic acids is 2. The second-order valence-corrected chi connectivity index (χ2v) is 7.78. The summed E-state index contributed by atoms with van der Waals surface area (Å²) in [6.45, 7) is 8.16. The summed E-state index contributed by atoms with van der Waals surface area (Å²) in [6, 6.07) is 0.128. The monoisotopic (exact) mass is 336 g/mol. The van der Waals surface area contributed by atoms with Crippen molar-refractivity contribution >= 4 is 11.8 Å². The van der Waals surface area contributed by atoms with E-state index < -0.39 is 0 Å². The van der Waals surface area contributed by atoms with Crippen LogP contribution in [0.15, 0.2) is 0 Å². The Morgan fingerprint density at radius 2 is 1.96 bits per heavy atom. The van der Waals surface area contributed by atoms with Gasteiger partial charge in [0.05, 0.1) is 12.5 Å². The van der Waals surface area contributed by atoms with Crippen LogP contribution < -0.4 is 10.9 Å². The van der Waals surface area contributed by atoms with Gasteiger partial charge in [-0.05, 0) is 24.7 Å². The number of nitrogens with one attached hydrogen (secondary N) is 2. The largest absolute Gasteiger partial charge is 0.340 e. The van der Waals surface area contributed by atoms with Crippen LogP contribution in [0.25, 0.3) is 0 Å². The summed E-state index contributed by atoms with van der Waals surface area (Å²) in [7, 11) is 0. The van der Waals surface area contributed by atoms with Crippen LogP contribution in [0, 0.1) is 17.8 Å². The highest BCUT2D eigenvalue weighted by Gasteiger charge is 2.38. The van der Waals surface area contributed by atoms with Gasteiger partial charge in [0.15, 0.2) is 0 Å². The molecule has 2 amide bonds. The number of piperazine rings is 1. The van der Waals surface area contributed by atoms with Crippen molar-refractivity contribution in [3.63, 3.8) is 0 Å². The SMILES string of the molecule is CCC1C(=O)NNCC1N1CCN(CC2CCCCC2C)C(=O)C1. The molecule has 3 fully saturated rings. The van der Waals surface area contributed by atoms with Gasteiger partial charge in [-0.2, -0.15) is 0 Å². The highest BCUT2D eigenvalue weighted by molar-refractivity contribution is 5.81. The molecule has 0 aromatic rings. The van der Waals surface area contributed by atoms with E-state index in [1.54, 1.807) is 0 Å². The average Bonchev–Trinajstić information content (AvgIpc) is 2.58. The van der Waals surface area contributed by atoms with Crippen molar-refractivity contribution < 1.29 is 9.59 Å². The fraction of sp³-hybridized carbons (Fsp3) is 0.889. The van der Waals surface area contributed by atoms with Gasteiger partial charge in [0.25, 0.3) is 0 Å². The molecule has 6 heteroatoms. The van der Waals surface area contributed by atoms with Crippen molar-refractivity contribution in [2.45, 2.75) is 52.0 Å². The van der Waals surface area contributed by atoms with Gasteiger partial charge >= 0.3 is 0 Å². The van der Waals surface area contributed by atoms with Gasteiger partial charge < -0.3 is 4.90 Å². The van der Waals surface area contributed by atoms with E-state index in [4.69, 9.17) is 0 Å². The first kappa shape index (κ1) is 17.7. The van der Waals surface area contributed by atoms with E-state index >= 15 is 0 Å². The summed E-state index contributed by atoms with van der Waals surface area (Å²) in [4.78, 5) is 29.0. The number of nitrogens with zero attached hydrogens (tertiary/aromatic N) is 2. The van der Waals surface area contributed by atoms with Crippen LogP contribution in [0.5, 0.6) is 0 Å². The molecular formula is C18H32N4O2. The van der Waals surface area contributed by atoms with E-state index in [9.17, 15) is 9.59 Å². The zero-order chi connectivity index (χ0) is 17.1. The Balaban J connectivity index is 1.56. The van der Waals surface area contributed by atoms with Gasteiger partial charge in [-0.25, -0.2) is 5.43 Å². The smallest absolute Gasteiger partial charge is 0.238 e. The fourth-order valence-corrected chi connectivity index (χ4v) is 4.64. The number of carbonyl (C=O) groups is 2. The quantitative estimate of drug-likeness (QED) is 0.803. The van der Waals surface area contributed by atoms with Crippen LogP contribution in [0.3, 0.4) is 0 Å². The molecule has 3 aliphatic rings. The molecular weight excluding hydrogens is 304 g/mol. The Morgan fingerprint density at radius 1 is 1.17 bits per heavy atom. The lowest BCUT2D eigenvalue weighted by Gasteiger charge is -2.44. The summed E-state index contributed by atoms with van der Waals surface area (Å²) in [6.07, 6.45) is 6.03. The van der Waals surface area contributed by atoms with Gasteiger partial charge in [0.2, 0.25) is 11.8 Å². The molecule has 6 nitrogen and oxygen atoms in total. The maximum absolute atomic E-state index is 12.7. The van der Waals surface area contributed by atoms with Crippen LogP contribution in [0.2, 0.25) is 0 Å². The Kier molecular flexibility index (Phi) is 5.76. The van der Waals surface area contributed by atoms with E-state index in [0.717, 1.165) is 38.5 Å². The average molecular weight is 336 g/mol. The fourth-order valence-electron chi connectivity index (χ4n) is 4.64. The van der Waals surface area contributed by atoms with Gasteiger partial charge in [-0.15, -0.1) is 0 Å². The molecule has 3 rings (SSSR count). The molecule has 0 bridgehead atoms. The molecule has 0 radical (unpaired) electrons. The molecule has 2 heterocycles. The predicted molar refractivity (Wildman–Crippen MR) is 93.0 cm³/mol. The number of rotatable bonds is 4. The van der Waals surface area contributed by atoms with E-state index in [-0.39, 0.29) is 23.8 Å². The first-order valence-corrected chi connectivity index (χ1v) is 9.64. The van der Waals surface area contributed by atoms with Gasteiger partial charge in [-0.3, -0.25) is 19.9 Å². The molecule has 4 unspecified atom stereocenters. The van der Waals surface area contributed by atoms with Crippen molar-refractivity contribution in [1.82, 2.24) is 20.7 Å². The molecule has 2 N–H and O–H groups in total. The van der Waals surface area contributed by atoms with Crippen molar-refractivity contribution in [2.24, 2.45) is 17.8 Å². The molecule has 1 saturated carbocycles.